The van der Waals surface area contributed by atoms with Crippen LogP contribution in [0.5, 0.6) is 5.75 Å². The summed E-state index contributed by atoms with van der Waals surface area (Å²) >= 11 is 0. The number of carbonyl (C=O) groups excluding carboxylic acids is 1. The summed E-state index contributed by atoms with van der Waals surface area (Å²) in [6.45, 7) is 6.73. The summed E-state index contributed by atoms with van der Waals surface area (Å²) in [7, 11) is -2.38. The Bertz CT molecular complexity index is 905. The Hall–Kier alpha value is -2.39. The molecule has 0 radical (unpaired) electrons. The van der Waals surface area contributed by atoms with Crippen molar-refractivity contribution >= 4 is 21.8 Å². The van der Waals surface area contributed by atoms with E-state index in [1.807, 2.05) is 6.92 Å². The highest BCUT2D eigenvalue weighted by Gasteiger charge is 2.24. The quantitative estimate of drug-likeness (QED) is 0.763. The van der Waals surface area contributed by atoms with E-state index in [0.29, 0.717) is 23.2 Å². The van der Waals surface area contributed by atoms with Crippen LogP contribution >= 0.6 is 0 Å². The molecule has 0 unspecified atom stereocenters. The van der Waals surface area contributed by atoms with Crippen LogP contribution in [-0.4, -0.2) is 32.6 Å². The van der Waals surface area contributed by atoms with Crippen molar-refractivity contribution in [3.8, 4) is 16.9 Å². The molecule has 0 spiro atoms. The Balaban J connectivity index is 2.58. The molecule has 1 aromatic heterocycles. The lowest BCUT2D eigenvalue weighted by atomic mass is 10.1. The number of ether oxygens (including phenoxy) is 1. The van der Waals surface area contributed by atoms with E-state index in [1.54, 1.807) is 26.0 Å². The van der Waals surface area contributed by atoms with E-state index in [2.05, 4.69) is 15.2 Å². The minimum Gasteiger partial charge on any atom is -0.495 e. The standard InChI is InChI=1S/C17H23N3O5S/c1-6-10(2)20-26(22,23)15-9-13(7-8-14(15)24-5)16-11(3)19-25-17(16)18-12(4)21/h7-10,20H,6H2,1-5H3,(H,18,21)/t10-/m0/s1. The first-order chi connectivity index (χ1) is 12.2. The van der Waals surface area contributed by atoms with Gasteiger partial charge in [0.2, 0.25) is 21.8 Å². The van der Waals surface area contributed by atoms with Crippen molar-refractivity contribution in [2.45, 2.75) is 45.1 Å². The fourth-order valence-corrected chi connectivity index (χ4v) is 3.93. The second-order valence-electron chi connectivity index (χ2n) is 5.95. The van der Waals surface area contributed by atoms with E-state index >= 15 is 0 Å². The highest BCUT2D eigenvalue weighted by molar-refractivity contribution is 7.89. The number of benzene rings is 1. The van der Waals surface area contributed by atoms with Gasteiger partial charge in [-0.3, -0.25) is 10.1 Å². The van der Waals surface area contributed by atoms with Gasteiger partial charge in [-0.05, 0) is 38.0 Å². The third-order valence-corrected chi connectivity index (χ3v) is 5.47. The lowest BCUT2D eigenvalue weighted by molar-refractivity contribution is -0.114. The van der Waals surface area contributed by atoms with Gasteiger partial charge in [-0.2, -0.15) is 0 Å². The molecule has 0 bridgehead atoms. The maximum atomic E-state index is 12.8. The molecule has 2 aromatic rings. The molecule has 0 aliphatic heterocycles. The summed E-state index contributed by atoms with van der Waals surface area (Å²) < 4.78 is 38.5. The van der Waals surface area contributed by atoms with Gasteiger partial charge in [-0.1, -0.05) is 18.1 Å². The lowest BCUT2D eigenvalue weighted by Gasteiger charge is -2.15. The normalized spacial score (nSPS) is 12.7. The molecular formula is C17H23N3O5S. The number of aryl methyl sites for hydroxylation is 1. The summed E-state index contributed by atoms with van der Waals surface area (Å²) in [5, 5.41) is 6.41. The number of sulfonamides is 1. The molecule has 0 saturated carbocycles. The average Bonchev–Trinajstić information content (AvgIpc) is 2.93. The zero-order valence-corrected chi connectivity index (χ0v) is 16.2. The molecule has 2 rings (SSSR count). The number of methoxy groups -OCH3 is 1. The third-order valence-electron chi connectivity index (χ3n) is 3.86. The van der Waals surface area contributed by atoms with E-state index in [1.165, 1.54) is 20.1 Å². The largest absolute Gasteiger partial charge is 0.495 e. The van der Waals surface area contributed by atoms with Gasteiger partial charge in [0.25, 0.3) is 0 Å². The van der Waals surface area contributed by atoms with Gasteiger partial charge in [0.05, 0.1) is 18.4 Å². The second-order valence-corrected chi connectivity index (χ2v) is 7.63. The number of rotatable bonds is 7. The Morgan fingerprint density at radius 3 is 2.65 bits per heavy atom. The van der Waals surface area contributed by atoms with E-state index in [0.717, 1.165) is 0 Å². The Morgan fingerprint density at radius 1 is 1.38 bits per heavy atom. The molecule has 0 fully saturated rings. The van der Waals surface area contributed by atoms with Crippen molar-refractivity contribution in [1.29, 1.82) is 0 Å². The molecule has 9 heteroatoms. The predicted octanol–water partition coefficient (Wildman–Crippen LogP) is 2.69. The van der Waals surface area contributed by atoms with Gasteiger partial charge in [0.1, 0.15) is 10.6 Å². The Kier molecular flexibility index (Phi) is 6.04. The number of amides is 1. The molecular weight excluding hydrogens is 358 g/mol. The molecule has 142 valence electrons. The van der Waals surface area contributed by atoms with Gasteiger partial charge in [-0.25, -0.2) is 13.1 Å². The third kappa shape index (κ3) is 4.23. The smallest absolute Gasteiger partial charge is 0.244 e. The number of hydrogen-bond donors (Lipinski definition) is 2. The first kappa shape index (κ1) is 19.9. The molecule has 0 aliphatic carbocycles. The van der Waals surface area contributed by atoms with Gasteiger partial charge in [0, 0.05) is 13.0 Å². The molecule has 2 N–H and O–H groups in total. The zero-order chi connectivity index (χ0) is 19.5. The topological polar surface area (TPSA) is 111 Å². The van der Waals surface area contributed by atoms with E-state index < -0.39 is 10.0 Å². The summed E-state index contributed by atoms with van der Waals surface area (Å²) in [6, 6.07) is 4.51. The number of carbonyl (C=O) groups is 1. The summed E-state index contributed by atoms with van der Waals surface area (Å²) in [4.78, 5) is 11.4. The minimum absolute atomic E-state index is 0.00664. The van der Waals surface area contributed by atoms with E-state index in [-0.39, 0.29) is 28.5 Å². The summed E-state index contributed by atoms with van der Waals surface area (Å²) in [5.41, 5.74) is 1.58. The van der Waals surface area contributed by atoms with Gasteiger partial charge < -0.3 is 9.26 Å². The zero-order valence-electron chi connectivity index (χ0n) is 15.4. The van der Waals surface area contributed by atoms with Gasteiger partial charge in [-0.15, -0.1) is 0 Å². The lowest BCUT2D eigenvalue weighted by Crippen LogP contribution is -2.32. The molecule has 1 atom stereocenters. The number of nitrogens with one attached hydrogen (secondary N) is 2. The van der Waals surface area contributed by atoms with Crippen molar-refractivity contribution in [3.63, 3.8) is 0 Å². The van der Waals surface area contributed by atoms with Gasteiger partial charge >= 0.3 is 0 Å². The number of anilines is 1. The van der Waals surface area contributed by atoms with Crippen LogP contribution in [-0.2, 0) is 14.8 Å². The van der Waals surface area contributed by atoms with Crippen molar-refractivity contribution in [1.82, 2.24) is 9.88 Å². The van der Waals surface area contributed by atoms with Crippen LogP contribution < -0.4 is 14.8 Å². The van der Waals surface area contributed by atoms with Crippen LogP contribution in [0.3, 0.4) is 0 Å². The van der Waals surface area contributed by atoms with E-state index in [4.69, 9.17) is 9.26 Å². The number of aromatic nitrogens is 1. The van der Waals surface area contributed by atoms with Crippen LogP contribution in [0.4, 0.5) is 5.88 Å². The molecule has 1 heterocycles. The van der Waals surface area contributed by atoms with Crippen LogP contribution in [0.15, 0.2) is 27.6 Å². The molecule has 1 amide bonds. The Labute approximate surface area is 153 Å². The molecule has 0 aliphatic rings. The number of hydrogen-bond acceptors (Lipinski definition) is 6. The second kappa shape index (κ2) is 7.88. The van der Waals surface area contributed by atoms with Gasteiger partial charge in [0.15, 0.2) is 0 Å². The summed E-state index contributed by atoms with van der Waals surface area (Å²) in [5.74, 6) is 0.0698. The van der Waals surface area contributed by atoms with Crippen LogP contribution in [0.2, 0.25) is 0 Å². The van der Waals surface area contributed by atoms with Crippen molar-refractivity contribution in [2.75, 3.05) is 12.4 Å². The average molecular weight is 381 g/mol. The van der Waals surface area contributed by atoms with Crippen molar-refractivity contribution in [3.05, 3.63) is 23.9 Å². The van der Waals surface area contributed by atoms with Crippen molar-refractivity contribution < 1.29 is 22.5 Å². The minimum atomic E-state index is -3.79. The van der Waals surface area contributed by atoms with Crippen molar-refractivity contribution in [2.24, 2.45) is 0 Å². The number of nitrogens with zero attached hydrogens (tertiary/aromatic N) is 1. The predicted molar refractivity (Wildman–Crippen MR) is 97.6 cm³/mol. The first-order valence-corrected chi connectivity index (χ1v) is 9.62. The SMILES string of the molecule is CC[C@H](C)NS(=O)(=O)c1cc(-c2c(C)noc2NC(C)=O)ccc1OC. The van der Waals surface area contributed by atoms with E-state index in [9.17, 15) is 13.2 Å². The Morgan fingerprint density at radius 2 is 2.08 bits per heavy atom. The van der Waals surface area contributed by atoms with Crippen LogP contribution in [0, 0.1) is 6.92 Å². The first-order valence-electron chi connectivity index (χ1n) is 8.14. The monoisotopic (exact) mass is 381 g/mol. The highest BCUT2D eigenvalue weighted by atomic mass is 32.2. The molecule has 8 nitrogen and oxygen atoms in total. The fourth-order valence-electron chi connectivity index (χ4n) is 2.41. The van der Waals surface area contributed by atoms with Crippen LogP contribution in [0.1, 0.15) is 32.9 Å². The summed E-state index contributed by atoms with van der Waals surface area (Å²) in [6.07, 6.45) is 0.651. The molecule has 1 aromatic carbocycles. The van der Waals surface area contributed by atoms with Crippen LogP contribution in [0.25, 0.3) is 11.1 Å². The maximum absolute atomic E-state index is 12.8. The molecule has 0 saturated heterocycles. The molecule has 26 heavy (non-hydrogen) atoms. The maximum Gasteiger partial charge on any atom is 0.244 e. The highest BCUT2D eigenvalue weighted by Crippen LogP contribution is 2.35. The fraction of sp³-hybridized carbons (Fsp3) is 0.412.